The molecule has 1 rings (SSSR count). The first-order chi connectivity index (χ1) is 7.00. The molecule has 1 aromatic carbocycles. The van der Waals surface area contributed by atoms with Gasteiger partial charge in [-0.25, -0.2) is 0 Å². The van der Waals surface area contributed by atoms with E-state index in [1.54, 1.807) is 19.1 Å². The summed E-state index contributed by atoms with van der Waals surface area (Å²) in [4.78, 5) is 10.6. The smallest absolute Gasteiger partial charge is 0.216 e. The molecule has 0 aliphatic heterocycles. The lowest BCUT2D eigenvalue weighted by molar-refractivity contribution is -0.119. The lowest BCUT2D eigenvalue weighted by atomic mass is 10.1. The number of aliphatic hydroxyl groups excluding tert-OH is 1. The second-order valence-corrected chi connectivity index (χ2v) is 3.50. The second kappa shape index (κ2) is 4.79. The van der Waals surface area contributed by atoms with E-state index in [0.29, 0.717) is 5.56 Å². The summed E-state index contributed by atoms with van der Waals surface area (Å²) in [5, 5.41) is 21.6. The van der Waals surface area contributed by atoms with Gasteiger partial charge in [-0.3, -0.25) is 4.79 Å². The Morgan fingerprint density at radius 1 is 1.53 bits per heavy atom. The zero-order valence-electron chi connectivity index (χ0n) is 8.82. The molecule has 1 aromatic rings. The van der Waals surface area contributed by atoms with Crippen LogP contribution in [0.3, 0.4) is 0 Å². The van der Waals surface area contributed by atoms with E-state index in [2.05, 4.69) is 5.32 Å². The summed E-state index contributed by atoms with van der Waals surface area (Å²) in [6.45, 7) is 3.32. The monoisotopic (exact) mass is 209 g/mol. The van der Waals surface area contributed by atoms with Crippen LogP contribution in [-0.4, -0.2) is 22.7 Å². The Morgan fingerprint density at radius 3 is 2.73 bits per heavy atom. The zero-order valence-corrected chi connectivity index (χ0v) is 8.82. The number of phenols is 1. The summed E-state index contributed by atoms with van der Waals surface area (Å²) >= 11 is 0. The Morgan fingerprint density at radius 2 is 2.20 bits per heavy atom. The predicted molar refractivity (Wildman–Crippen MR) is 56.5 cm³/mol. The molecule has 0 saturated heterocycles. The number of aliphatic hydroxyl groups is 1. The van der Waals surface area contributed by atoms with Gasteiger partial charge < -0.3 is 15.5 Å². The molecule has 82 valence electrons. The third-order valence-electron chi connectivity index (χ3n) is 2.16. The molecule has 0 heterocycles. The second-order valence-electron chi connectivity index (χ2n) is 3.50. The summed E-state index contributed by atoms with van der Waals surface area (Å²) in [5.41, 5.74) is 1.34. The number of carbonyl (C=O) groups is 1. The van der Waals surface area contributed by atoms with Gasteiger partial charge in [0.25, 0.3) is 0 Å². The molecule has 0 spiro atoms. The largest absolute Gasteiger partial charge is 0.508 e. The third kappa shape index (κ3) is 3.25. The number of hydrogen-bond acceptors (Lipinski definition) is 3. The molecule has 1 atom stereocenters. The maximum Gasteiger partial charge on any atom is 0.216 e. The van der Waals surface area contributed by atoms with Crippen molar-refractivity contribution >= 4 is 5.91 Å². The summed E-state index contributed by atoms with van der Waals surface area (Å²) in [6, 6.07) is 4.95. The minimum Gasteiger partial charge on any atom is -0.508 e. The molecule has 4 heteroatoms. The van der Waals surface area contributed by atoms with Crippen LogP contribution in [0.4, 0.5) is 0 Å². The highest BCUT2D eigenvalue weighted by atomic mass is 16.3. The Bertz CT molecular complexity index is 363. The summed E-state index contributed by atoms with van der Waals surface area (Å²) < 4.78 is 0. The van der Waals surface area contributed by atoms with Gasteiger partial charge in [0.1, 0.15) is 5.75 Å². The van der Waals surface area contributed by atoms with Crippen LogP contribution in [0.15, 0.2) is 18.2 Å². The molecule has 0 radical (unpaired) electrons. The number of hydrogen-bond donors (Lipinski definition) is 3. The van der Waals surface area contributed by atoms with Gasteiger partial charge in [0, 0.05) is 13.5 Å². The molecule has 3 N–H and O–H groups in total. The van der Waals surface area contributed by atoms with Crippen LogP contribution < -0.4 is 5.32 Å². The van der Waals surface area contributed by atoms with Crippen molar-refractivity contribution in [1.82, 2.24) is 5.32 Å². The SMILES string of the molecule is CC(=O)NCC(O)c1ccc(C)c(O)c1. The van der Waals surface area contributed by atoms with Crippen LogP contribution >= 0.6 is 0 Å². The van der Waals surface area contributed by atoms with Gasteiger partial charge >= 0.3 is 0 Å². The van der Waals surface area contributed by atoms with E-state index in [4.69, 9.17) is 0 Å². The average Bonchev–Trinajstić information content (AvgIpc) is 2.18. The molecule has 0 aliphatic rings. The zero-order chi connectivity index (χ0) is 11.4. The summed E-state index contributed by atoms with van der Waals surface area (Å²) in [5.74, 6) is -0.0419. The Balaban J connectivity index is 2.69. The molecule has 0 fully saturated rings. The molecule has 0 saturated carbocycles. The minimum absolute atomic E-state index is 0.148. The van der Waals surface area contributed by atoms with E-state index in [-0.39, 0.29) is 18.2 Å². The number of nitrogens with one attached hydrogen (secondary N) is 1. The fraction of sp³-hybridized carbons (Fsp3) is 0.364. The van der Waals surface area contributed by atoms with Crippen LogP contribution in [0, 0.1) is 6.92 Å². The van der Waals surface area contributed by atoms with E-state index < -0.39 is 6.10 Å². The Labute approximate surface area is 88.6 Å². The summed E-state index contributed by atoms with van der Waals surface area (Å²) in [7, 11) is 0. The highest BCUT2D eigenvalue weighted by molar-refractivity contribution is 5.72. The van der Waals surface area contributed by atoms with Crippen molar-refractivity contribution in [2.75, 3.05) is 6.54 Å². The number of phenolic OH excluding ortho intramolecular Hbond substituents is 1. The molecule has 0 bridgehead atoms. The quantitative estimate of drug-likeness (QED) is 0.691. The fourth-order valence-electron chi connectivity index (χ4n) is 1.19. The van der Waals surface area contributed by atoms with E-state index in [0.717, 1.165) is 5.56 Å². The standard InChI is InChI=1S/C11H15NO3/c1-7-3-4-9(5-10(7)14)11(15)6-12-8(2)13/h3-5,11,14-15H,6H2,1-2H3,(H,12,13). The first-order valence-corrected chi connectivity index (χ1v) is 4.72. The third-order valence-corrected chi connectivity index (χ3v) is 2.16. The van der Waals surface area contributed by atoms with Gasteiger partial charge in [0.05, 0.1) is 6.10 Å². The first kappa shape index (κ1) is 11.5. The maximum atomic E-state index is 10.6. The van der Waals surface area contributed by atoms with Gasteiger partial charge in [-0.05, 0) is 24.1 Å². The molecule has 1 unspecified atom stereocenters. The van der Waals surface area contributed by atoms with Crippen molar-refractivity contribution in [2.24, 2.45) is 0 Å². The molecular weight excluding hydrogens is 194 g/mol. The van der Waals surface area contributed by atoms with Crippen molar-refractivity contribution in [1.29, 1.82) is 0 Å². The highest BCUT2D eigenvalue weighted by Crippen LogP contribution is 2.21. The van der Waals surface area contributed by atoms with Crippen molar-refractivity contribution in [3.8, 4) is 5.75 Å². The first-order valence-electron chi connectivity index (χ1n) is 4.72. The van der Waals surface area contributed by atoms with Crippen molar-refractivity contribution in [2.45, 2.75) is 20.0 Å². The van der Waals surface area contributed by atoms with Crippen LogP contribution in [0.25, 0.3) is 0 Å². The number of rotatable bonds is 3. The molecule has 1 amide bonds. The number of amides is 1. The Hall–Kier alpha value is -1.55. The van der Waals surface area contributed by atoms with Crippen molar-refractivity contribution in [3.63, 3.8) is 0 Å². The van der Waals surface area contributed by atoms with Crippen LogP contribution in [0.5, 0.6) is 5.75 Å². The Kier molecular flexibility index (Phi) is 3.68. The van der Waals surface area contributed by atoms with Gasteiger partial charge in [-0.1, -0.05) is 12.1 Å². The average molecular weight is 209 g/mol. The lowest BCUT2D eigenvalue weighted by Crippen LogP contribution is -2.25. The molecule has 0 aromatic heterocycles. The van der Waals surface area contributed by atoms with E-state index >= 15 is 0 Å². The van der Waals surface area contributed by atoms with E-state index in [9.17, 15) is 15.0 Å². The molecule has 0 aliphatic carbocycles. The molecule has 4 nitrogen and oxygen atoms in total. The van der Waals surface area contributed by atoms with Crippen LogP contribution in [-0.2, 0) is 4.79 Å². The van der Waals surface area contributed by atoms with E-state index in [1.165, 1.54) is 13.0 Å². The van der Waals surface area contributed by atoms with Crippen molar-refractivity contribution < 1.29 is 15.0 Å². The molecule has 15 heavy (non-hydrogen) atoms. The van der Waals surface area contributed by atoms with Gasteiger partial charge in [0.2, 0.25) is 5.91 Å². The number of benzene rings is 1. The van der Waals surface area contributed by atoms with E-state index in [1.807, 2.05) is 0 Å². The maximum absolute atomic E-state index is 10.6. The fourth-order valence-corrected chi connectivity index (χ4v) is 1.19. The van der Waals surface area contributed by atoms with Crippen molar-refractivity contribution in [3.05, 3.63) is 29.3 Å². The number of carbonyl (C=O) groups excluding carboxylic acids is 1. The minimum atomic E-state index is -0.791. The topological polar surface area (TPSA) is 69.6 Å². The van der Waals surface area contributed by atoms with Gasteiger partial charge in [0.15, 0.2) is 0 Å². The number of aryl methyl sites for hydroxylation is 1. The normalized spacial score (nSPS) is 12.2. The van der Waals surface area contributed by atoms with Crippen LogP contribution in [0.1, 0.15) is 24.2 Å². The molecular formula is C11H15NO3. The van der Waals surface area contributed by atoms with Gasteiger partial charge in [-0.15, -0.1) is 0 Å². The lowest BCUT2D eigenvalue weighted by Gasteiger charge is -2.12. The van der Waals surface area contributed by atoms with Crippen LogP contribution in [0.2, 0.25) is 0 Å². The van der Waals surface area contributed by atoms with Gasteiger partial charge in [-0.2, -0.15) is 0 Å². The summed E-state index contributed by atoms with van der Waals surface area (Å²) in [6.07, 6.45) is -0.791. The predicted octanol–water partition coefficient (Wildman–Crippen LogP) is 0.870. The highest BCUT2D eigenvalue weighted by Gasteiger charge is 2.09. The number of aromatic hydroxyl groups is 1.